The molecule has 5 heteroatoms. The quantitative estimate of drug-likeness (QED) is 0.757. The highest BCUT2D eigenvalue weighted by Crippen LogP contribution is 2.19. The molecule has 0 N–H and O–H groups in total. The number of carbonyl (C=O) groups excluding carboxylic acids is 1. The van der Waals surface area contributed by atoms with E-state index < -0.39 is 5.82 Å². The lowest BCUT2D eigenvalue weighted by Crippen LogP contribution is -2.32. The fourth-order valence-corrected chi connectivity index (χ4v) is 2.02. The SMILES string of the molecule is CCN(CCCCl)C(=O)c1cc(F)ccc1Br. The predicted molar refractivity (Wildman–Crippen MR) is 71.0 cm³/mol. The van der Waals surface area contributed by atoms with Crippen LogP contribution in [0.25, 0.3) is 0 Å². The summed E-state index contributed by atoms with van der Waals surface area (Å²) in [5.74, 6) is -0.0809. The first-order valence-electron chi connectivity index (χ1n) is 5.40. The van der Waals surface area contributed by atoms with E-state index in [0.717, 1.165) is 6.42 Å². The van der Waals surface area contributed by atoms with Crippen LogP contribution in [0.5, 0.6) is 0 Å². The van der Waals surface area contributed by atoms with Gasteiger partial charge in [-0.3, -0.25) is 4.79 Å². The molecule has 0 fully saturated rings. The Hall–Kier alpha value is -0.610. The molecule has 0 heterocycles. The third-order valence-corrected chi connectivity index (χ3v) is 3.35. The molecule has 0 spiro atoms. The van der Waals surface area contributed by atoms with Gasteiger partial charge in [0.05, 0.1) is 5.56 Å². The Labute approximate surface area is 114 Å². The van der Waals surface area contributed by atoms with Crippen molar-refractivity contribution in [3.63, 3.8) is 0 Å². The number of benzene rings is 1. The van der Waals surface area contributed by atoms with Crippen LogP contribution in [0.1, 0.15) is 23.7 Å². The minimum atomic E-state index is -0.412. The summed E-state index contributed by atoms with van der Waals surface area (Å²) in [5.41, 5.74) is 0.349. The predicted octanol–water partition coefficient (Wildman–Crippen LogP) is 3.68. The Morgan fingerprint density at radius 3 is 2.82 bits per heavy atom. The van der Waals surface area contributed by atoms with Crippen LogP contribution in [-0.2, 0) is 0 Å². The van der Waals surface area contributed by atoms with Gasteiger partial charge >= 0.3 is 0 Å². The highest BCUT2D eigenvalue weighted by Gasteiger charge is 2.17. The summed E-state index contributed by atoms with van der Waals surface area (Å²) in [6.45, 7) is 3.06. The van der Waals surface area contributed by atoms with Crippen LogP contribution in [0, 0.1) is 5.82 Å². The first-order valence-corrected chi connectivity index (χ1v) is 6.73. The summed E-state index contributed by atoms with van der Waals surface area (Å²) in [5, 5.41) is 0. The molecule has 0 radical (unpaired) electrons. The molecule has 0 saturated heterocycles. The summed E-state index contributed by atoms with van der Waals surface area (Å²) in [7, 11) is 0. The Morgan fingerprint density at radius 2 is 2.24 bits per heavy atom. The number of nitrogens with zero attached hydrogens (tertiary/aromatic N) is 1. The van der Waals surface area contributed by atoms with Gasteiger partial charge in [-0.1, -0.05) is 0 Å². The number of rotatable bonds is 5. The topological polar surface area (TPSA) is 20.3 Å². The van der Waals surface area contributed by atoms with E-state index in [1.807, 2.05) is 6.92 Å². The molecule has 1 aromatic rings. The van der Waals surface area contributed by atoms with Gasteiger partial charge in [0, 0.05) is 23.4 Å². The van der Waals surface area contributed by atoms with E-state index in [4.69, 9.17) is 11.6 Å². The normalized spacial score (nSPS) is 10.4. The van der Waals surface area contributed by atoms with Crippen molar-refractivity contribution in [2.24, 2.45) is 0 Å². The second kappa shape index (κ2) is 6.97. The smallest absolute Gasteiger partial charge is 0.255 e. The van der Waals surface area contributed by atoms with Crippen molar-refractivity contribution in [3.05, 3.63) is 34.1 Å². The highest BCUT2D eigenvalue weighted by atomic mass is 79.9. The lowest BCUT2D eigenvalue weighted by atomic mass is 10.2. The van der Waals surface area contributed by atoms with Gasteiger partial charge in [0.2, 0.25) is 0 Å². The maximum absolute atomic E-state index is 13.1. The van der Waals surface area contributed by atoms with Crippen molar-refractivity contribution in [1.29, 1.82) is 0 Å². The molecule has 0 aliphatic carbocycles. The number of amides is 1. The van der Waals surface area contributed by atoms with Crippen LogP contribution in [0.4, 0.5) is 4.39 Å². The minimum absolute atomic E-state index is 0.177. The van der Waals surface area contributed by atoms with E-state index >= 15 is 0 Å². The molecule has 17 heavy (non-hydrogen) atoms. The van der Waals surface area contributed by atoms with Crippen molar-refractivity contribution in [1.82, 2.24) is 4.90 Å². The number of hydrogen-bond donors (Lipinski definition) is 0. The molecule has 2 nitrogen and oxygen atoms in total. The molecular formula is C12H14BrClFNO. The molecule has 1 rings (SSSR count). The highest BCUT2D eigenvalue weighted by molar-refractivity contribution is 9.10. The lowest BCUT2D eigenvalue weighted by Gasteiger charge is -2.21. The van der Waals surface area contributed by atoms with Crippen LogP contribution in [0.2, 0.25) is 0 Å². The third kappa shape index (κ3) is 3.96. The van der Waals surface area contributed by atoms with Crippen LogP contribution in [0.3, 0.4) is 0 Å². The molecule has 94 valence electrons. The number of carbonyl (C=O) groups is 1. The number of halogens is 3. The molecule has 0 atom stereocenters. The zero-order valence-corrected chi connectivity index (χ0v) is 11.9. The Kier molecular flexibility index (Phi) is 5.92. The molecule has 0 unspecified atom stereocenters. The van der Waals surface area contributed by atoms with Gasteiger partial charge in [-0.2, -0.15) is 0 Å². The summed E-state index contributed by atoms with van der Waals surface area (Å²) in [4.78, 5) is 13.8. The monoisotopic (exact) mass is 321 g/mol. The average Bonchev–Trinajstić information content (AvgIpc) is 2.33. The molecule has 0 aliphatic rings. The zero-order valence-electron chi connectivity index (χ0n) is 9.55. The molecule has 1 aromatic carbocycles. The largest absolute Gasteiger partial charge is 0.339 e. The van der Waals surface area contributed by atoms with Crippen molar-refractivity contribution in [2.45, 2.75) is 13.3 Å². The Bertz CT molecular complexity index is 400. The van der Waals surface area contributed by atoms with Crippen LogP contribution in [0.15, 0.2) is 22.7 Å². The molecule has 1 amide bonds. The molecule has 0 saturated carbocycles. The Morgan fingerprint density at radius 1 is 1.53 bits per heavy atom. The summed E-state index contributed by atoms with van der Waals surface area (Å²) >= 11 is 8.86. The van der Waals surface area contributed by atoms with Crippen LogP contribution < -0.4 is 0 Å². The fourth-order valence-electron chi connectivity index (χ4n) is 1.49. The van der Waals surface area contributed by atoms with Crippen molar-refractivity contribution < 1.29 is 9.18 Å². The maximum Gasteiger partial charge on any atom is 0.255 e. The van der Waals surface area contributed by atoms with Gasteiger partial charge in [0.15, 0.2) is 0 Å². The van der Waals surface area contributed by atoms with E-state index in [2.05, 4.69) is 15.9 Å². The van der Waals surface area contributed by atoms with Crippen molar-refractivity contribution in [2.75, 3.05) is 19.0 Å². The summed E-state index contributed by atoms with van der Waals surface area (Å²) in [6, 6.07) is 4.10. The fraction of sp³-hybridized carbons (Fsp3) is 0.417. The van der Waals surface area contributed by atoms with Crippen LogP contribution >= 0.6 is 27.5 Å². The minimum Gasteiger partial charge on any atom is -0.339 e. The van der Waals surface area contributed by atoms with E-state index in [9.17, 15) is 9.18 Å². The molecule has 0 aromatic heterocycles. The second-order valence-electron chi connectivity index (χ2n) is 3.55. The van der Waals surface area contributed by atoms with Gasteiger partial charge in [-0.05, 0) is 47.5 Å². The van der Waals surface area contributed by atoms with E-state index in [1.54, 1.807) is 4.90 Å². The third-order valence-electron chi connectivity index (χ3n) is 2.39. The van der Waals surface area contributed by atoms with Crippen LogP contribution in [-0.4, -0.2) is 29.8 Å². The van der Waals surface area contributed by atoms with Gasteiger partial charge in [0.1, 0.15) is 5.82 Å². The zero-order chi connectivity index (χ0) is 12.8. The molecule has 0 bridgehead atoms. The van der Waals surface area contributed by atoms with Gasteiger partial charge in [0.25, 0.3) is 5.91 Å². The average molecular weight is 323 g/mol. The maximum atomic E-state index is 13.1. The summed E-state index contributed by atoms with van der Waals surface area (Å²) in [6.07, 6.45) is 0.730. The van der Waals surface area contributed by atoms with E-state index in [-0.39, 0.29) is 5.91 Å². The van der Waals surface area contributed by atoms with Gasteiger partial charge in [-0.15, -0.1) is 11.6 Å². The van der Waals surface area contributed by atoms with Crippen molar-refractivity contribution in [3.8, 4) is 0 Å². The molecule has 0 aliphatic heterocycles. The van der Waals surface area contributed by atoms with Gasteiger partial charge < -0.3 is 4.90 Å². The van der Waals surface area contributed by atoms with Crippen molar-refractivity contribution >= 4 is 33.4 Å². The first-order chi connectivity index (χ1) is 8.10. The first kappa shape index (κ1) is 14.5. The second-order valence-corrected chi connectivity index (χ2v) is 4.78. The molecular weight excluding hydrogens is 308 g/mol. The van der Waals surface area contributed by atoms with Gasteiger partial charge in [-0.25, -0.2) is 4.39 Å². The van der Waals surface area contributed by atoms with E-state index in [1.165, 1.54) is 18.2 Å². The standard InChI is InChI=1S/C12H14BrClFNO/c1-2-16(7-3-6-14)12(17)10-8-9(15)4-5-11(10)13/h4-5,8H,2-3,6-7H2,1H3. The lowest BCUT2D eigenvalue weighted by molar-refractivity contribution is 0.0763. The number of hydrogen-bond acceptors (Lipinski definition) is 1. The Balaban J connectivity index is 2.89. The van der Waals surface area contributed by atoms with E-state index in [0.29, 0.717) is 29.0 Å². The number of alkyl halides is 1. The summed E-state index contributed by atoms with van der Waals surface area (Å²) < 4.78 is 13.7.